The van der Waals surface area contributed by atoms with Gasteiger partial charge in [0.15, 0.2) is 0 Å². The average Bonchev–Trinajstić information content (AvgIpc) is 2.19. The highest BCUT2D eigenvalue weighted by molar-refractivity contribution is 7.98. The molecule has 0 aromatic carbocycles. The SMILES string of the molecule is N[C@@H](CSCc1cnccn1)C(=O)O. The van der Waals surface area contributed by atoms with Gasteiger partial charge in [0.25, 0.3) is 0 Å². The summed E-state index contributed by atoms with van der Waals surface area (Å²) in [6.45, 7) is 0. The topological polar surface area (TPSA) is 89.1 Å². The van der Waals surface area contributed by atoms with Crippen LogP contribution in [0.5, 0.6) is 0 Å². The van der Waals surface area contributed by atoms with Crippen LogP contribution in [0.1, 0.15) is 5.69 Å². The number of carboxylic acid groups (broad SMARTS) is 1. The van der Waals surface area contributed by atoms with Crippen molar-refractivity contribution in [2.45, 2.75) is 11.8 Å². The molecule has 1 aromatic rings. The molecule has 5 nitrogen and oxygen atoms in total. The third kappa shape index (κ3) is 3.71. The van der Waals surface area contributed by atoms with Gasteiger partial charge in [-0.3, -0.25) is 14.8 Å². The molecule has 1 aromatic heterocycles. The third-order valence-corrected chi connectivity index (χ3v) is 2.58. The molecule has 0 aliphatic carbocycles. The summed E-state index contributed by atoms with van der Waals surface area (Å²) in [5.74, 6) is 0.0393. The lowest BCUT2D eigenvalue weighted by Gasteiger charge is -2.04. The first-order valence-electron chi connectivity index (χ1n) is 4.01. The van der Waals surface area contributed by atoms with E-state index in [4.69, 9.17) is 10.8 Å². The van der Waals surface area contributed by atoms with Gasteiger partial charge in [0.2, 0.25) is 0 Å². The molecule has 0 unspecified atom stereocenters. The Morgan fingerprint density at radius 1 is 1.64 bits per heavy atom. The molecular formula is C8H11N3O2S. The van der Waals surface area contributed by atoms with E-state index < -0.39 is 12.0 Å². The molecule has 1 rings (SSSR count). The van der Waals surface area contributed by atoms with E-state index in [9.17, 15) is 4.79 Å². The molecule has 0 aliphatic rings. The molecule has 1 atom stereocenters. The molecule has 0 fully saturated rings. The van der Waals surface area contributed by atoms with Gasteiger partial charge in [-0.2, -0.15) is 11.8 Å². The van der Waals surface area contributed by atoms with Gasteiger partial charge in [0.1, 0.15) is 6.04 Å². The van der Waals surface area contributed by atoms with Crippen molar-refractivity contribution in [1.29, 1.82) is 0 Å². The van der Waals surface area contributed by atoms with E-state index in [-0.39, 0.29) is 0 Å². The average molecular weight is 213 g/mol. The molecule has 6 heteroatoms. The van der Waals surface area contributed by atoms with Gasteiger partial charge in [-0.15, -0.1) is 0 Å². The van der Waals surface area contributed by atoms with E-state index in [0.717, 1.165) is 5.69 Å². The smallest absolute Gasteiger partial charge is 0.321 e. The second kappa shape index (κ2) is 5.56. The fourth-order valence-electron chi connectivity index (χ4n) is 0.766. The van der Waals surface area contributed by atoms with E-state index in [1.165, 1.54) is 11.8 Å². The van der Waals surface area contributed by atoms with Crippen LogP contribution >= 0.6 is 11.8 Å². The summed E-state index contributed by atoms with van der Waals surface area (Å²) in [6.07, 6.45) is 4.85. The van der Waals surface area contributed by atoms with Gasteiger partial charge in [-0.1, -0.05) is 0 Å². The first-order chi connectivity index (χ1) is 6.70. The number of hydrogen-bond donors (Lipinski definition) is 2. The summed E-state index contributed by atoms with van der Waals surface area (Å²) in [6, 6.07) is -0.809. The van der Waals surface area contributed by atoms with E-state index in [2.05, 4.69) is 9.97 Å². The lowest BCUT2D eigenvalue weighted by Crippen LogP contribution is -2.32. The summed E-state index contributed by atoms with van der Waals surface area (Å²) < 4.78 is 0. The van der Waals surface area contributed by atoms with Gasteiger partial charge in [-0.05, 0) is 0 Å². The van der Waals surface area contributed by atoms with E-state index in [1.807, 2.05) is 0 Å². The van der Waals surface area contributed by atoms with Crippen LogP contribution in [-0.2, 0) is 10.5 Å². The zero-order valence-electron chi connectivity index (χ0n) is 7.46. The van der Waals surface area contributed by atoms with Crippen molar-refractivity contribution < 1.29 is 9.90 Å². The number of hydrogen-bond acceptors (Lipinski definition) is 5. The van der Waals surface area contributed by atoms with Crippen molar-refractivity contribution in [1.82, 2.24) is 9.97 Å². The Kier molecular flexibility index (Phi) is 4.34. The van der Waals surface area contributed by atoms with Gasteiger partial charge in [0.05, 0.1) is 5.69 Å². The van der Waals surface area contributed by atoms with Gasteiger partial charge in [0, 0.05) is 30.1 Å². The van der Waals surface area contributed by atoms with Crippen molar-refractivity contribution in [3.8, 4) is 0 Å². The maximum Gasteiger partial charge on any atom is 0.321 e. The number of thioether (sulfide) groups is 1. The van der Waals surface area contributed by atoms with Gasteiger partial charge in [-0.25, -0.2) is 0 Å². The minimum absolute atomic E-state index is 0.381. The number of carboxylic acids is 1. The normalized spacial score (nSPS) is 12.4. The first kappa shape index (κ1) is 10.9. The van der Waals surface area contributed by atoms with Crippen molar-refractivity contribution in [2.75, 3.05) is 5.75 Å². The Bertz CT molecular complexity index is 294. The Labute approximate surface area is 85.7 Å². The van der Waals surface area contributed by atoms with E-state index in [0.29, 0.717) is 11.5 Å². The minimum Gasteiger partial charge on any atom is -0.480 e. The Morgan fingerprint density at radius 3 is 3.00 bits per heavy atom. The summed E-state index contributed by atoms with van der Waals surface area (Å²) in [5, 5.41) is 8.51. The standard InChI is InChI=1S/C8H11N3O2S/c9-7(8(12)13)5-14-4-6-3-10-1-2-11-6/h1-3,7H,4-5,9H2,(H,12,13)/t7-/m0/s1. The van der Waals surface area contributed by atoms with Crippen molar-refractivity contribution in [3.63, 3.8) is 0 Å². The molecule has 0 spiro atoms. The van der Waals surface area contributed by atoms with Crippen LogP contribution in [0.15, 0.2) is 18.6 Å². The number of rotatable bonds is 5. The molecule has 0 amide bonds. The maximum absolute atomic E-state index is 10.4. The van der Waals surface area contributed by atoms with Crippen LogP contribution in [0.4, 0.5) is 0 Å². The second-order valence-corrected chi connectivity index (χ2v) is 3.69. The second-order valence-electron chi connectivity index (χ2n) is 2.66. The number of aromatic nitrogens is 2. The lowest BCUT2D eigenvalue weighted by molar-refractivity contribution is -0.137. The summed E-state index contributed by atoms with van der Waals surface area (Å²) in [4.78, 5) is 18.3. The summed E-state index contributed by atoms with van der Waals surface area (Å²) >= 11 is 1.43. The molecule has 0 radical (unpaired) electrons. The van der Waals surface area contributed by atoms with Crippen LogP contribution in [0, 0.1) is 0 Å². The number of nitrogens with two attached hydrogens (primary N) is 1. The van der Waals surface area contributed by atoms with Crippen LogP contribution in [0.25, 0.3) is 0 Å². The van der Waals surface area contributed by atoms with Gasteiger partial charge < -0.3 is 10.8 Å². The predicted octanol–water partition coefficient (Wildman–Crippen LogP) is 0.122. The lowest BCUT2D eigenvalue weighted by atomic mass is 10.4. The molecule has 0 aliphatic heterocycles. The monoisotopic (exact) mass is 213 g/mol. The van der Waals surface area contributed by atoms with Crippen LogP contribution in [0.3, 0.4) is 0 Å². The summed E-state index contributed by atoms with van der Waals surface area (Å²) in [5.41, 5.74) is 6.15. The molecule has 3 N–H and O–H groups in total. The number of nitrogens with zero attached hydrogens (tertiary/aromatic N) is 2. The fraction of sp³-hybridized carbons (Fsp3) is 0.375. The summed E-state index contributed by atoms with van der Waals surface area (Å²) in [7, 11) is 0. The molecule has 1 heterocycles. The number of carbonyl (C=O) groups is 1. The quantitative estimate of drug-likeness (QED) is 0.722. The van der Waals surface area contributed by atoms with Crippen LogP contribution in [0.2, 0.25) is 0 Å². The highest BCUT2D eigenvalue weighted by Gasteiger charge is 2.10. The Balaban J connectivity index is 2.26. The fourth-order valence-corrected chi connectivity index (χ4v) is 1.64. The van der Waals surface area contributed by atoms with Crippen LogP contribution < -0.4 is 5.73 Å². The van der Waals surface area contributed by atoms with Gasteiger partial charge >= 0.3 is 5.97 Å². The molecular weight excluding hydrogens is 202 g/mol. The van der Waals surface area contributed by atoms with Crippen molar-refractivity contribution in [2.24, 2.45) is 5.73 Å². The Hall–Kier alpha value is -1.14. The van der Waals surface area contributed by atoms with Crippen molar-refractivity contribution in [3.05, 3.63) is 24.3 Å². The molecule has 14 heavy (non-hydrogen) atoms. The molecule has 0 bridgehead atoms. The zero-order valence-corrected chi connectivity index (χ0v) is 8.28. The molecule has 0 saturated heterocycles. The third-order valence-electron chi connectivity index (χ3n) is 1.48. The molecule has 0 saturated carbocycles. The maximum atomic E-state index is 10.4. The van der Waals surface area contributed by atoms with Crippen molar-refractivity contribution >= 4 is 17.7 Å². The van der Waals surface area contributed by atoms with E-state index >= 15 is 0 Å². The highest BCUT2D eigenvalue weighted by atomic mass is 32.2. The Morgan fingerprint density at radius 2 is 2.43 bits per heavy atom. The van der Waals surface area contributed by atoms with E-state index in [1.54, 1.807) is 18.6 Å². The largest absolute Gasteiger partial charge is 0.480 e. The minimum atomic E-state index is -0.975. The first-order valence-corrected chi connectivity index (χ1v) is 5.16. The zero-order chi connectivity index (χ0) is 10.4. The van der Waals surface area contributed by atoms with Crippen LogP contribution in [-0.4, -0.2) is 32.8 Å². The highest BCUT2D eigenvalue weighted by Crippen LogP contribution is 2.09. The predicted molar refractivity (Wildman–Crippen MR) is 53.8 cm³/mol. The number of aliphatic carboxylic acids is 1. The molecule has 76 valence electrons.